The molecule has 1 nitrogen and oxygen atoms in total. The molecular weight excluding hydrogens is 190 g/mol. The Kier molecular flexibility index (Phi) is 2.75. The summed E-state index contributed by atoms with van der Waals surface area (Å²) >= 11 is 3.39. The molecular formula is C8H10BrN. The molecule has 1 aromatic rings. The predicted molar refractivity (Wildman–Crippen MR) is 48.6 cm³/mol. The third-order valence-electron chi connectivity index (χ3n) is 1.37. The van der Waals surface area contributed by atoms with Crippen LogP contribution in [0.25, 0.3) is 0 Å². The van der Waals surface area contributed by atoms with Crippen LogP contribution < -0.4 is 5.32 Å². The molecule has 1 aromatic carbocycles. The van der Waals surface area contributed by atoms with Gasteiger partial charge < -0.3 is 5.32 Å². The van der Waals surface area contributed by atoms with Crippen LogP contribution in [0.2, 0.25) is 0 Å². The number of anilines is 1. The summed E-state index contributed by atoms with van der Waals surface area (Å²) in [5.41, 5.74) is 2.46. The number of benzene rings is 1. The van der Waals surface area contributed by atoms with Crippen LogP contribution in [-0.4, -0.2) is 7.05 Å². The number of halogens is 1. The fraction of sp³-hybridized carbons (Fsp3) is 0.250. The van der Waals surface area contributed by atoms with Gasteiger partial charge in [-0.1, -0.05) is 28.1 Å². The molecule has 0 saturated heterocycles. The van der Waals surface area contributed by atoms with Gasteiger partial charge in [0.05, 0.1) is 0 Å². The highest BCUT2D eigenvalue weighted by molar-refractivity contribution is 9.08. The molecule has 0 fully saturated rings. The van der Waals surface area contributed by atoms with Gasteiger partial charge in [-0.15, -0.1) is 0 Å². The third-order valence-corrected chi connectivity index (χ3v) is 2.02. The van der Waals surface area contributed by atoms with E-state index < -0.39 is 0 Å². The van der Waals surface area contributed by atoms with Gasteiger partial charge in [0, 0.05) is 18.1 Å². The second-order valence-corrected chi connectivity index (χ2v) is 2.64. The van der Waals surface area contributed by atoms with Gasteiger partial charge in [-0.25, -0.2) is 0 Å². The number of rotatable bonds is 2. The Bertz CT molecular complexity index is 191. The SMILES string of the molecule is CNc1cccc(CBr)c1. The highest BCUT2D eigenvalue weighted by Gasteiger charge is 1.89. The standard InChI is InChI=1S/C8H10BrN/c1-10-8-4-2-3-7(5-8)6-9/h2-5,10H,6H2,1H3. The molecule has 0 radical (unpaired) electrons. The number of alkyl halides is 1. The Morgan fingerprint density at radius 1 is 1.50 bits per heavy atom. The second-order valence-electron chi connectivity index (χ2n) is 2.08. The molecule has 54 valence electrons. The average Bonchev–Trinajstić information content (AvgIpc) is 2.05. The van der Waals surface area contributed by atoms with E-state index >= 15 is 0 Å². The molecule has 0 spiro atoms. The molecule has 0 aliphatic rings. The molecule has 0 aliphatic carbocycles. The molecule has 0 bridgehead atoms. The lowest BCUT2D eigenvalue weighted by atomic mass is 10.2. The van der Waals surface area contributed by atoms with Crippen LogP contribution in [0.15, 0.2) is 24.3 Å². The zero-order valence-corrected chi connectivity index (χ0v) is 7.48. The number of nitrogens with one attached hydrogen (secondary N) is 1. The van der Waals surface area contributed by atoms with Crippen molar-refractivity contribution in [1.82, 2.24) is 0 Å². The summed E-state index contributed by atoms with van der Waals surface area (Å²) < 4.78 is 0. The van der Waals surface area contributed by atoms with Crippen molar-refractivity contribution in [2.75, 3.05) is 12.4 Å². The van der Waals surface area contributed by atoms with E-state index in [0.717, 1.165) is 11.0 Å². The fourth-order valence-corrected chi connectivity index (χ4v) is 1.16. The molecule has 0 atom stereocenters. The van der Waals surface area contributed by atoms with Crippen molar-refractivity contribution in [3.05, 3.63) is 29.8 Å². The Morgan fingerprint density at radius 2 is 2.30 bits per heavy atom. The molecule has 0 saturated carbocycles. The van der Waals surface area contributed by atoms with Gasteiger partial charge in [-0.3, -0.25) is 0 Å². The van der Waals surface area contributed by atoms with Crippen LogP contribution in [0.3, 0.4) is 0 Å². The zero-order chi connectivity index (χ0) is 7.40. The highest BCUT2D eigenvalue weighted by Crippen LogP contribution is 2.11. The summed E-state index contributed by atoms with van der Waals surface area (Å²) in [4.78, 5) is 0. The molecule has 0 aromatic heterocycles. The van der Waals surface area contributed by atoms with Gasteiger partial charge in [0.25, 0.3) is 0 Å². The maximum Gasteiger partial charge on any atom is 0.0340 e. The van der Waals surface area contributed by atoms with E-state index in [1.165, 1.54) is 5.56 Å². The third kappa shape index (κ3) is 1.74. The Morgan fingerprint density at radius 3 is 2.90 bits per heavy atom. The molecule has 0 aliphatic heterocycles. The van der Waals surface area contributed by atoms with Crippen LogP contribution >= 0.6 is 15.9 Å². The quantitative estimate of drug-likeness (QED) is 0.723. The van der Waals surface area contributed by atoms with Crippen molar-refractivity contribution >= 4 is 21.6 Å². The van der Waals surface area contributed by atoms with Gasteiger partial charge >= 0.3 is 0 Å². The normalized spacial score (nSPS) is 9.40. The first kappa shape index (κ1) is 7.61. The van der Waals surface area contributed by atoms with E-state index in [-0.39, 0.29) is 0 Å². The maximum absolute atomic E-state index is 3.39. The predicted octanol–water partition coefficient (Wildman–Crippen LogP) is 2.62. The summed E-state index contributed by atoms with van der Waals surface area (Å²) in [6, 6.07) is 8.30. The van der Waals surface area contributed by atoms with Crippen molar-refractivity contribution in [2.24, 2.45) is 0 Å². The van der Waals surface area contributed by atoms with E-state index in [4.69, 9.17) is 0 Å². The summed E-state index contributed by atoms with van der Waals surface area (Å²) in [5, 5.41) is 4.00. The summed E-state index contributed by atoms with van der Waals surface area (Å²) in [7, 11) is 1.92. The van der Waals surface area contributed by atoms with Gasteiger partial charge in [0.1, 0.15) is 0 Å². The van der Waals surface area contributed by atoms with Crippen molar-refractivity contribution in [3.63, 3.8) is 0 Å². The van der Waals surface area contributed by atoms with E-state index in [1.54, 1.807) is 0 Å². The molecule has 1 N–H and O–H groups in total. The van der Waals surface area contributed by atoms with Crippen LogP contribution in [-0.2, 0) is 5.33 Å². The smallest absolute Gasteiger partial charge is 0.0340 e. The molecule has 10 heavy (non-hydrogen) atoms. The minimum Gasteiger partial charge on any atom is -0.388 e. The van der Waals surface area contributed by atoms with Gasteiger partial charge in [0.2, 0.25) is 0 Å². The second kappa shape index (κ2) is 3.62. The van der Waals surface area contributed by atoms with Crippen molar-refractivity contribution in [2.45, 2.75) is 5.33 Å². The zero-order valence-electron chi connectivity index (χ0n) is 5.89. The Labute approximate surface area is 69.6 Å². The first-order valence-corrected chi connectivity index (χ1v) is 4.31. The monoisotopic (exact) mass is 199 g/mol. The van der Waals surface area contributed by atoms with Gasteiger partial charge in [-0.05, 0) is 17.7 Å². The van der Waals surface area contributed by atoms with Gasteiger partial charge in [-0.2, -0.15) is 0 Å². The summed E-state index contributed by atoms with van der Waals surface area (Å²) in [6.07, 6.45) is 0. The first-order chi connectivity index (χ1) is 4.86. The first-order valence-electron chi connectivity index (χ1n) is 3.19. The van der Waals surface area contributed by atoms with Crippen LogP contribution in [0.1, 0.15) is 5.56 Å². The van der Waals surface area contributed by atoms with Gasteiger partial charge in [0.15, 0.2) is 0 Å². The lowest BCUT2D eigenvalue weighted by Crippen LogP contribution is -1.87. The van der Waals surface area contributed by atoms with Crippen LogP contribution in [0.4, 0.5) is 5.69 Å². The van der Waals surface area contributed by atoms with Crippen molar-refractivity contribution in [3.8, 4) is 0 Å². The van der Waals surface area contributed by atoms with E-state index in [9.17, 15) is 0 Å². The van der Waals surface area contributed by atoms with Crippen molar-refractivity contribution < 1.29 is 0 Å². The summed E-state index contributed by atoms with van der Waals surface area (Å²) in [5.74, 6) is 0. The average molecular weight is 200 g/mol. The van der Waals surface area contributed by atoms with E-state index in [2.05, 4.69) is 33.4 Å². The minimum atomic E-state index is 0.919. The summed E-state index contributed by atoms with van der Waals surface area (Å²) in [6.45, 7) is 0. The molecule has 0 unspecified atom stereocenters. The largest absolute Gasteiger partial charge is 0.388 e. The van der Waals surface area contributed by atoms with Crippen molar-refractivity contribution in [1.29, 1.82) is 0 Å². The lowest BCUT2D eigenvalue weighted by Gasteiger charge is -2.00. The van der Waals surface area contributed by atoms with E-state index in [1.807, 2.05) is 19.2 Å². The van der Waals surface area contributed by atoms with Crippen LogP contribution in [0.5, 0.6) is 0 Å². The topological polar surface area (TPSA) is 12.0 Å². The molecule has 1 rings (SSSR count). The fourth-order valence-electron chi connectivity index (χ4n) is 0.810. The number of hydrogen-bond donors (Lipinski definition) is 1. The van der Waals surface area contributed by atoms with Crippen LogP contribution in [0, 0.1) is 0 Å². The lowest BCUT2D eigenvalue weighted by molar-refractivity contribution is 1.41. The Balaban J connectivity index is 2.87. The van der Waals surface area contributed by atoms with E-state index in [0.29, 0.717) is 0 Å². The molecule has 0 amide bonds. The minimum absolute atomic E-state index is 0.919. The Hall–Kier alpha value is -0.500. The maximum atomic E-state index is 3.39. The number of hydrogen-bond acceptors (Lipinski definition) is 1. The molecule has 0 heterocycles. The highest BCUT2D eigenvalue weighted by atomic mass is 79.9. The molecule has 2 heteroatoms.